The number of hydrogen-bond acceptors (Lipinski definition) is 4. The molecule has 0 aromatic heterocycles. The van der Waals surface area contributed by atoms with E-state index in [2.05, 4.69) is 4.90 Å². The van der Waals surface area contributed by atoms with Crippen molar-refractivity contribution in [1.82, 2.24) is 14.7 Å². The lowest BCUT2D eigenvalue weighted by Gasteiger charge is -2.40. The van der Waals surface area contributed by atoms with Gasteiger partial charge in [-0.25, -0.2) is 8.78 Å². The number of carbonyl (C=O) groups is 2. The van der Waals surface area contributed by atoms with Gasteiger partial charge in [0.05, 0.1) is 12.1 Å². The van der Waals surface area contributed by atoms with Gasteiger partial charge in [-0.2, -0.15) is 0 Å². The van der Waals surface area contributed by atoms with E-state index in [1.807, 2.05) is 29.2 Å². The molecule has 0 unspecified atom stereocenters. The average Bonchev–Trinajstić information content (AvgIpc) is 3.38. The average molecular weight is 519 g/mol. The van der Waals surface area contributed by atoms with Crippen LogP contribution in [0.3, 0.4) is 0 Å². The fraction of sp³-hybridized carbons (Fsp3) is 0.333. The number of amides is 2. The number of halogens is 2. The van der Waals surface area contributed by atoms with Gasteiger partial charge in [-0.05, 0) is 52.9 Å². The van der Waals surface area contributed by atoms with Crippen molar-refractivity contribution in [3.63, 3.8) is 0 Å². The van der Waals surface area contributed by atoms with Gasteiger partial charge in [-0.1, -0.05) is 48.5 Å². The summed E-state index contributed by atoms with van der Waals surface area (Å²) in [6.07, 6.45) is 0.519. The van der Waals surface area contributed by atoms with Crippen molar-refractivity contribution in [1.29, 1.82) is 0 Å². The molecule has 1 atom stereocenters. The standard InChI is InChI=1S/C30H32F2N4O2/c31-25-9-5-21(6-10-25)29(22-7-11-26(32)12-8-22)35-17-15-34(16-18-35)28(37)14-13-27(33)30(38)36-19-23-3-1-2-4-24(23)20-36/h1-12,27,29H,13-20,33H2/t27-/m0/s1. The zero-order valence-corrected chi connectivity index (χ0v) is 21.2. The molecule has 3 aromatic carbocycles. The molecule has 2 aliphatic rings. The largest absolute Gasteiger partial charge is 0.340 e. The van der Waals surface area contributed by atoms with Gasteiger partial charge in [0.15, 0.2) is 0 Å². The van der Waals surface area contributed by atoms with Crippen LogP contribution in [0.15, 0.2) is 72.8 Å². The van der Waals surface area contributed by atoms with Crippen molar-refractivity contribution < 1.29 is 18.4 Å². The smallest absolute Gasteiger partial charge is 0.240 e. The maximum atomic E-state index is 13.6. The number of benzene rings is 3. The Hall–Kier alpha value is -3.62. The van der Waals surface area contributed by atoms with Crippen LogP contribution in [-0.4, -0.2) is 58.7 Å². The lowest BCUT2D eigenvalue weighted by molar-refractivity contribution is -0.135. The van der Waals surface area contributed by atoms with Gasteiger partial charge in [0, 0.05) is 45.7 Å². The number of hydrogen-bond donors (Lipinski definition) is 1. The first-order valence-corrected chi connectivity index (χ1v) is 13.0. The van der Waals surface area contributed by atoms with Crippen LogP contribution in [0.1, 0.15) is 41.1 Å². The van der Waals surface area contributed by atoms with Gasteiger partial charge < -0.3 is 15.5 Å². The van der Waals surface area contributed by atoms with E-state index in [0.717, 1.165) is 22.3 Å². The van der Waals surface area contributed by atoms with Gasteiger partial charge in [-0.15, -0.1) is 0 Å². The Labute approximate surface area is 221 Å². The topological polar surface area (TPSA) is 69.9 Å². The Morgan fingerprint density at radius 3 is 1.74 bits per heavy atom. The minimum absolute atomic E-state index is 0.0160. The van der Waals surface area contributed by atoms with Crippen LogP contribution in [0.4, 0.5) is 8.78 Å². The molecule has 0 spiro atoms. The molecule has 8 heteroatoms. The van der Waals surface area contributed by atoms with Crippen LogP contribution in [0, 0.1) is 11.6 Å². The summed E-state index contributed by atoms with van der Waals surface area (Å²) in [6.45, 7) is 3.40. The van der Waals surface area contributed by atoms with Crippen molar-refractivity contribution in [2.75, 3.05) is 26.2 Å². The van der Waals surface area contributed by atoms with E-state index in [4.69, 9.17) is 5.73 Å². The molecule has 0 bridgehead atoms. The third-order valence-electron chi connectivity index (χ3n) is 7.54. The number of carbonyl (C=O) groups excluding carboxylic acids is 2. The molecule has 3 aromatic rings. The first kappa shape index (κ1) is 26.0. The summed E-state index contributed by atoms with van der Waals surface area (Å²) < 4.78 is 27.2. The molecule has 6 nitrogen and oxygen atoms in total. The third-order valence-corrected chi connectivity index (χ3v) is 7.54. The molecule has 1 saturated heterocycles. The molecular formula is C30H32F2N4O2. The molecule has 2 heterocycles. The summed E-state index contributed by atoms with van der Waals surface area (Å²) >= 11 is 0. The number of fused-ring (bicyclic) bond motifs is 1. The van der Waals surface area contributed by atoms with Crippen LogP contribution < -0.4 is 5.73 Å². The maximum Gasteiger partial charge on any atom is 0.240 e. The second-order valence-corrected chi connectivity index (χ2v) is 10.0. The van der Waals surface area contributed by atoms with Gasteiger partial charge >= 0.3 is 0 Å². The predicted octanol–water partition coefficient (Wildman–Crippen LogP) is 3.85. The molecule has 5 rings (SSSR count). The van der Waals surface area contributed by atoms with Crippen molar-refractivity contribution >= 4 is 11.8 Å². The molecule has 2 N–H and O–H groups in total. The zero-order chi connectivity index (χ0) is 26.6. The highest BCUT2D eigenvalue weighted by molar-refractivity contribution is 5.83. The molecule has 0 saturated carbocycles. The van der Waals surface area contributed by atoms with Gasteiger partial charge in [0.25, 0.3) is 0 Å². The molecular weight excluding hydrogens is 486 g/mol. The number of rotatable bonds is 7. The Morgan fingerprint density at radius 2 is 1.24 bits per heavy atom. The zero-order valence-electron chi connectivity index (χ0n) is 21.2. The summed E-state index contributed by atoms with van der Waals surface area (Å²) in [6, 6.07) is 19.8. The highest BCUT2D eigenvalue weighted by Gasteiger charge is 2.30. The molecule has 0 radical (unpaired) electrons. The maximum absolute atomic E-state index is 13.6. The van der Waals surface area contributed by atoms with E-state index in [1.165, 1.54) is 24.3 Å². The highest BCUT2D eigenvalue weighted by Crippen LogP contribution is 2.30. The second kappa shape index (κ2) is 11.4. The van der Waals surface area contributed by atoms with Crippen LogP contribution in [0.25, 0.3) is 0 Å². The molecule has 2 aliphatic heterocycles. The molecule has 38 heavy (non-hydrogen) atoms. The quantitative estimate of drug-likeness (QED) is 0.516. The first-order chi connectivity index (χ1) is 18.4. The monoisotopic (exact) mass is 518 g/mol. The second-order valence-electron chi connectivity index (χ2n) is 10.0. The minimum atomic E-state index is -0.712. The summed E-state index contributed by atoms with van der Waals surface area (Å²) in [5, 5.41) is 0. The predicted molar refractivity (Wildman–Crippen MR) is 141 cm³/mol. The van der Waals surface area contributed by atoms with Crippen LogP contribution in [-0.2, 0) is 22.7 Å². The van der Waals surface area contributed by atoms with Gasteiger partial charge in [0.2, 0.25) is 11.8 Å². The van der Waals surface area contributed by atoms with Crippen LogP contribution >= 0.6 is 0 Å². The number of nitrogens with two attached hydrogens (primary N) is 1. The Morgan fingerprint density at radius 1 is 0.737 bits per heavy atom. The lowest BCUT2D eigenvalue weighted by Crippen LogP contribution is -2.50. The summed E-state index contributed by atoms with van der Waals surface area (Å²) in [5.74, 6) is -0.765. The molecule has 1 fully saturated rings. The summed E-state index contributed by atoms with van der Waals surface area (Å²) in [5.41, 5.74) is 10.3. The molecule has 2 amide bonds. The van der Waals surface area contributed by atoms with Crippen LogP contribution in [0.5, 0.6) is 0 Å². The van der Waals surface area contributed by atoms with E-state index in [9.17, 15) is 18.4 Å². The van der Waals surface area contributed by atoms with E-state index < -0.39 is 6.04 Å². The lowest BCUT2D eigenvalue weighted by atomic mass is 9.96. The fourth-order valence-electron chi connectivity index (χ4n) is 5.42. The van der Waals surface area contributed by atoms with E-state index in [-0.39, 0.29) is 35.9 Å². The number of nitrogens with zero attached hydrogens (tertiary/aromatic N) is 3. The molecule has 198 valence electrons. The first-order valence-electron chi connectivity index (χ1n) is 13.0. The fourth-order valence-corrected chi connectivity index (χ4v) is 5.42. The Balaban J connectivity index is 1.15. The van der Waals surface area contributed by atoms with Crippen LogP contribution in [0.2, 0.25) is 0 Å². The van der Waals surface area contributed by atoms with Crippen molar-refractivity contribution in [2.45, 2.75) is 38.0 Å². The summed E-state index contributed by atoms with van der Waals surface area (Å²) in [4.78, 5) is 31.6. The SMILES string of the molecule is N[C@@H](CCC(=O)N1CCN(C(c2ccc(F)cc2)c2ccc(F)cc2)CC1)C(=O)N1Cc2ccccc2C1. The highest BCUT2D eigenvalue weighted by atomic mass is 19.1. The Kier molecular flexibility index (Phi) is 7.81. The normalized spacial score (nSPS) is 16.5. The van der Waals surface area contributed by atoms with E-state index in [0.29, 0.717) is 45.7 Å². The van der Waals surface area contributed by atoms with E-state index in [1.54, 1.807) is 29.2 Å². The van der Waals surface area contributed by atoms with Crippen molar-refractivity contribution in [3.05, 3.63) is 107 Å². The van der Waals surface area contributed by atoms with E-state index >= 15 is 0 Å². The number of piperazine rings is 1. The third kappa shape index (κ3) is 5.76. The van der Waals surface area contributed by atoms with Crippen molar-refractivity contribution in [3.8, 4) is 0 Å². The van der Waals surface area contributed by atoms with Crippen molar-refractivity contribution in [2.24, 2.45) is 5.73 Å². The minimum Gasteiger partial charge on any atom is -0.340 e. The van der Waals surface area contributed by atoms with Gasteiger partial charge in [0.1, 0.15) is 11.6 Å². The Bertz CT molecular complexity index is 1200. The molecule has 0 aliphatic carbocycles. The summed E-state index contributed by atoms with van der Waals surface area (Å²) in [7, 11) is 0. The van der Waals surface area contributed by atoms with Gasteiger partial charge in [-0.3, -0.25) is 14.5 Å².